The number of carbonyl (C=O) groups is 2. The summed E-state index contributed by atoms with van der Waals surface area (Å²) in [6.07, 6.45) is 14.3. The van der Waals surface area contributed by atoms with Gasteiger partial charge in [0.2, 0.25) is 23.0 Å². The number of aromatic nitrogens is 8. The number of aliphatic hydroxyl groups excluding tert-OH is 1. The number of nitrogens with zero attached hydrogens (tertiary/aromatic N) is 15. The first kappa shape index (κ1) is 74.8. The fourth-order valence-electron chi connectivity index (χ4n) is 12.8. The van der Waals surface area contributed by atoms with Gasteiger partial charge in [0.05, 0.1) is 19.0 Å². The number of ether oxygens (including phenoxy) is 2. The van der Waals surface area contributed by atoms with E-state index in [1.54, 1.807) is 43.3 Å². The number of halogens is 7. The lowest BCUT2D eigenvalue weighted by Gasteiger charge is -2.36. The molecule has 540 valence electrons. The number of piperidine rings is 3. The van der Waals surface area contributed by atoms with Crippen LogP contribution in [0.2, 0.25) is 5.28 Å². The van der Waals surface area contributed by atoms with E-state index in [-0.39, 0.29) is 56.8 Å². The second kappa shape index (κ2) is 36.1. The van der Waals surface area contributed by atoms with Crippen LogP contribution in [0.15, 0.2) is 58.4 Å². The van der Waals surface area contributed by atoms with Gasteiger partial charge in [0, 0.05) is 163 Å². The fraction of sp³-hybridized carbons (Fsp3) is 0.552. The third-order valence-electron chi connectivity index (χ3n) is 18.2. The van der Waals surface area contributed by atoms with Gasteiger partial charge in [-0.25, -0.2) is 26.3 Å². The molecule has 6 fully saturated rings. The summed E-state index contributed by atoms with van der Waals surface area (Å²) in [4.78, 5) is 76.7. The lowest BCUT2D eigenvalue weighted by Crippen LogP contribution is -2.48. The topological polar surface area (TPSA) is 249 Å². The third kappa shape index (κ3) is 20.6. The molecule has 7 aromatic rings. The Labute approximate surface area is 575 Å². The Balaban J connectivity index is 0.000000155. The number of carbonyl (C=O) groups excluding carboxylic acids is 2. The van der Waals surface area contributed by atoms with Crippen LogP contribution in [-0.2, 0) is 23.7 Å². The molecule has 4 aromatic heterocycles. The number of fused-ring (bicyclic) bond motifs is 2. The van der Waals surface area contributed by atoms with Crippen molar-refractivity contribution < 1.29 is 55.6 Å². The molecule has 99 heavy (non-hydrogen) atoms. The predicted octanol–water partition coefficient (Wildman–Crippen LogP) is 6.74. The highest BCUT2D eigenvalue weighted by atomic mass is 35.5. The zero-order chi connectivity index (χ0) is 70.7. The first-order chi connectivity index (χ1) is 47.6. The van der Waals surface area contributed by atoms with E-state index in [2.05, 4.69) is 44.8 Å². The number of aromatic hydroxyl groups is 1. The number of anilines is 4. The maximum Gasteiger partial charge on any atom is 0.263 e. The maximum atomic E-state index is 14.9. The minimum atomic E-state index is -0.788. The van der Waals surface area contributed by atoms with Gasteiger partial charge >= 0.3 is 0 Å². The Morgan fingerprint density at radius 1 is 0.475 bits per heavy atom. The smallest absolute Gasteiger partial charge is 0.263 e. The maximum absolute atomic E-state index is 14.9. The fourth-order valence-corrected chi connectivity index (χ4v) is 13.0. The molecule has 0 unspecified atom stereocenters. The van der Waals surface area contributed by atoms with Crippen molar-refractivity contribution in [2.45, 2.75) is 71.6 Å². The lowest BCUT2D eigenvalue weighted by molar-refractivity contribution is -0.129. The highest BCUT2D eigenvalue weighted by molar-refractivity contribution is 6.28. The molecule has 25 nitrogen and oxygen atoms in total. The third-order valence-corrected chi connectivity index (χ3v) is 18.4. The molecule has 10 heterocycles. The number of likely N-dealkylation sites (tertiary alicyclic amines) is 3. The van der Waals surface area contributed by atoms with Gasteiger partial charge in [-0.15, -0.1) is 0 Å². The van der Waals surface area contributed by atoms with Gasteiger partial charge < -0.3 is 54.0 Å². The average Bonchev–Trinajstić information content (AvgIpc) is 1.80. The van der Waals surface area contributed by atoms with Crippen molar-refractivity contribution in [2.24, 2.45) is 14.1 Å². The van der Waals surface area contributed by atoms with Crippen LogP contribution >= 0.6 is 11.6 Å². The van der Waals surface area contributed by atoms with E-state index < -0.39 is 40.7 Å². The van der Waals surface area contributed by atoms with E-state index in [1.165, 1.54) is 126 Å². The van der Waals surface area contributed by atoms with Crippen molar-refractivity contribution in [2.75, 3.05) is 177 Å². The second-order valence-electron chi connectivity index (χ2n) is 25.1. The van der Waals surface area contributed by atoms with E-state index in [0.717, 1.165) is 57.9 Å². The largest absolute Gasteiger partial charge is 0.508 e. The van der Waals surface area contributed by atoms with Gasteiger partial charge in [0.1, 0.15) is 58.3 Å². The summed E-state index contributed by atoms with van der Waals surface area (Å²) in [5, 5.41) is 26.6. The van der Waals surface area contributed by atoms with Gasteiger partial charge in [-0.2, -0.15) is 20.2 Å². The van der Waals surface area contributed by atoms with Crippen LogP contribution in [0.3, 0.4) is 0 Å². The predicted molar refractivity (Wildman–Crippen MR) is 366 cm³/mol. The molecule has 13 rings (SSSR count). The Kier molecular flexibility index (Phi) is 27.3. The highest BCUT2D eigenvalue weighted by Gasteiger charge is 2.29. The van der Waals surface area contributed by atoms with Crippen molar-refractivity contribution in [1.82, 2.24) is 64.0 Å². The van der Waals surface area contributed by atoms with Gasteiger partial charge in [-0.05, 0) is 89.4 Å². The number of benzene rings is 3. The Morgan fingerprint density at radius 3 is 1.18 bits per heavy atom. The number of aromatic amines is 2. The van der Waals surface area contributed by atoms with Crippen molar-refractivity contribution in [1.29, 1.82) is 0 Å². The first-order valence-electron chi connectivity index (χ1n) is 33.8. The lowest BCUT2D eigenvalue weighted by atomic mass is 10.1. The van der Waals surface area contributed by atoms with Gasteiger partial charge in [-0.3, -0.25) is 48.3 Å². The molecular weight excluding hydrogens is 1320 g/mol. The molecule has 0 atom stereocenters. The summed E-state index contributed by atoms with van der Waals surface area (Å²) in [6, 6.07) is 6.80. The van der Waals surface area contributed by atoms with E-state index >= 15 is 0 Å². The van der Waals surface area contributed by atoms with Crippen molar-refractivity contribution >= 4 is 68.5 Å². The minimum absolute atomic E-state index is 0.0111. The molecule has 0 spiro atoms. The van der Waals surface area contributed by atoms with Gasteiger partial charge in [-0.1, -0.05) is 19.3 Å². The van der Waals surface area contributed by atoms with E-state index in [4.69, 9.17) is 31.3 Å². The number of piperazine rings is 3. The van der Waals surface area contributed by atoms with E-state index in [9.17, 15) is 45.5 Å². The number of H-pyrrole nitrogens is 2. The number of hydrogen-bond donors (Lipinski definition) is 4. The zero-order valence-electron chi connectivity index (χ0n) is 56.7. The molecule has 2 amide bonds. The molecule has 0 radical (unpaired) electrons. The standard InChI is InChI=1S/C23H29F2N7O2.C19H27F2N3O2.C12H14F2N2O2.C7H15NO.C6H5ClN4O/c1-29-21-17(15-26-29)22(33)28-23(27-21)32-9-7-31(8-10-32)20-18(24)13-16(14-19(20)25)34-12-11-30-5-3-2-4-6-30;1-15(25)23-7-9-24(10-8-23)19-17(20)13-16(14-18(19)21)26-12-11-22-5-3-2-4-6-22;1-8(17)15-2-4-16(5-3-15)12-10(13)6-9(18)7-11(12)14;9-7-6-8-4-2-1-3-5-8;1-11-4-3(2-8-11)5(12)10-6(7)9-4/h13-15H,2-12H2,1H3,(H,27,28,33);13-14H,2-12H2,1H3;6-7,18H,2-5H2,1H3;9H,1-7H2;2H,1H3,(H,9,10,12). The molecule has 6 saturated heterocycles. The summed E-state index contributed by atoms with van der Waals surface area (Å²) in [7, 11) is 3.42. The van der Waals surface area contributed by atoms with Crippen molar-refractivity contribution in [3.63, 3.8) is 0 Å². The van der Waals surface area contributed by atoms with Crippen LogP contribution in [0.25, 0.3) is 22.1 Å². The molecule has 3 aromatic carbocycles. The molecule has 0 aliphatic carbocycles. The normalized spacial score (nSPS) is 17.2. The molecule has 0 bridgehead atoms. The minimum Gasteiger partial charge on any atom is -0.508 e. The summed E-state index contributed by atoms with van der Waals surface area (Å²) < 4.78 is 100. The zero-order valence-corrected chi connectivity index (χ0v) is 57.4. The first-order valence-corrected chi connectivity index (χ1v) is 34.2. The number of β-amino-alcohol motifs (C(OH)–C–C–N with tert-alkyl or cyclic N) is 1. The Hall–Kier alpha value is -8.39. The Morgan fingerprint density at radius 2 is 0.808 bits per heavy atom. The van der Waals surface area contributed by atoms with Gasteiger partial charge in [0.25, 0.3) is 11.1 Å². The average molecular weight is 1410 g/mol. The molecular formula is C67H90ClF6N17O8. The Bertz CT molecular complexity index is 3840. The molecule has 0 saturated carbocycles. The number of nitrogens with one attached hydrogen (secondary N) is 2. The second-order valence-corrected chi connectivity index (χ2v) is 25.4. The number of phenolic OH excluding ortho intramolecular Hbond substituents is 1. The van der Waals surface area contributed by atoms with Crippen LogP contribution < -0.4 is 40.2 Å². The van der Waals surface area contributed by atoms with Crippen molar-refractivity contribution in [3.05, 3.63) is 110 Å². The van der Waals surface area contributed by atoms with Crippen molar-refractivity contribution in [3.8, 4) is 17.2 Å². The summed E-state index contributed by atoms with van der Waals surface area (Å²) >= 11 is 5.55. The number of aliphatic hydroxyl groups is 1. The van der Waals surface area contributed by atoms with Crippen LogP contribution in [0.5, 0.6) is 17.2 Å². The number of phenols is 1. The summed E-state index contributed by atoms with van der Waals surface area (Å²) in [5.41, 5.74) is 0.235. The van der Waals surface area contributed by atoms with Crippen LogP contribution in [-0.4, -0.2) is 243 Å². The highest BCUT2D eigenvalue weighted by Crippen LogP contribution is 2.32. The van der Waals surface area contributed by atoms with Crippen LogP contribution in [0.4, 0.5) is 49.4 Å². The monoisotopic (exact) mass is 1410 g/mol. The quantitative estimate of drug-likeness (QED) is 0.0650. The summed E-state index contributed by atoms with van der Waals surface area (Å²) in [6.45, 7) is 18.3. The molecule has 32 heteroatoms. The number of hydrogen-bond acceptors (Lipinski definition) is 19. The number of amides is 2. The molecule has 6 aliphatic heterocycles. The van der Waals surface area contributed by atoms with Crippen LogP contribution in [0, 0.1) is 34.9 Å². The number of rotatable bonds is 14. The van der Waals surface area contributed by atoms with Gasteiger partial charge in [0.15, 0.2) is 46.2 Å². The van der Waals surface area contributed by atoms with Crippen LogP contribution in [0.1, 0.15) is 71.6 Å². The molecule has 6 aliphatic rings. The SMILES string of the molecule is CC(=O)N1CCN(c2c(F)cc(O)cc2F)CC1.CC(=O)N1CCN(c2c(F)cc(OCCN3CCCCC3)cc2F)CC1.Cn1ncc2c(=O)[nH]c(Cl)nc21.Cn1ncc2c(=O)[nH]c(N3CCN(c4c(F)cc(OCCN5CCCCC5)cc4F)CC3)nc21.OCCN1CCCCC1. The van der Waals surface area contributed by atoms with E-state index in [1.807, 2.05) is 4.90 Å². The molecule has 4 N–H and O–H groups in total. The number of aryl methyl sites for hydroxylation is 2. The van der Waals surface area contributed by atoms with E-state index in [0.29, 0.717) is 126 Å². The summed E-state index contributed by atoms with van der Waals surface area (Å²) in [5.74, 6) is -3.70.